The zero-order valence-corrected chi connectivity index (χ0v) is 36.9. The Labute approximate surface area is 361 Å². The summed E-state index contributed by atoms with van der Waals surface area (Å²) in [4.78, 5) is 53.1. The normalized spacial score (nSPS) is 24.7. The van der Waals surface area contributed by atoms with Crippen LogP contribution in [-0.2, 0) is 20.3 Å². The van der Waals surface area contributed by atoms with E-state index >= 15 is 0 Å². The van der Waals surface area contributed by atoms with Crippen LogP contribution in [0, 0.1) is 12.8 Å². The Balaban J connectivity index is 1.15. The molecule has 2 aromatic heterocycles. The summed E-state index contributed by atoms with van der Waals surface area (Å²) in [5, 5.41) is 12.1. The molecule has 4 heterocycles. The molecule has 1 saturated heterocycles. The van der Waals surface area contributed by atoms with Crippen LogP contribution < -0.4 is 25.4 Å². The zero-order chi connectivity index (χ0) is 42.7. The van der Waals surface area contributed by atoms with Crippen LogP contribution in [0.15, 0.2) is 96.4 Å². The van der Waals surface area contributed by atoms with Gasteiger partial charge in [0.2, 0.25) is 19.2 Å². The van der Waals surface area contributed by atoms with Gasteiger partial charge in [0.05, 0.1) is 31.0 Å². The van der Waals surface area contributed by atoms with Gasteiger partial charge in [-0.1, -0.05) is 67.5 Å². The topological polar surface area (TPSA) is 155 Å². The van der Waals surface area contributed by atoms with Crippen LogP contribution in [-0.4, -0.2) is 74.7 Å². The van der Waals surface area contributed by atoms with Gasteiger partial charge in [-0.15, -0.1) is 11.3 Å². The number of carbonyl (C=O) groups excluding carboxylic acids is 2. The van der Waals surface area contributed by atoms with Gasteiger partial charge in [0.15, 0.2) is 5.13 Å². The summed E-state index contributed by atoms with van der Waals surface area (Å²) in [5.74, 6) is 0.196. The number of fused-ring (bicyclic) bond motifs is 3. The molecule has 5 aromatic rings. The third-order valence-corrected chi connectivity index (χ3v) is 15.3. The monoisotopic (exact) mass is 862 g/mol. The minimum Gasteiger partial charge on any atom is -0.497 e. The van der Waals surface area contributed by atoms with Crippen LogP contribution in [0.5, 0.6) is 11.5 Å². The van der Waals surface area contributed by atoms with Crippen molar-refractivity contribution in [2.45, 2.75) is 101 Å². The second kappa shape index (κ2) is 18.0. The van der Waals surface area contributed by atoms with Crippen LogP contribution in [0.25, 0.3) is 22.3 Å². The number of rotatable bonds is 11. The van der Waals surface area contributed by atoms with E-state index < -0.39 is 36.7 Å². The number of aryl methyl sites for hydroxylation is 1. The van der Waals surface area contributed by atoms with Gasteiger partial charge in [0.1, 0.15) is 40.7 Å². The van der Waals surface area contributed by atoms with Crippen molar-refractivity contribution in [3.8, 4) is 22.9 Å². The summed E-state index contributed by atoms with van der Waals surface area (Å²) < 4.78 is 27.0. The first-order chi connectivity index (χ1) is 29.4. The molecule has 3 aliphatic rings. The third kappa shape index (κ3) is 9.49. The molecule has 1 aliphatic carbocycles. The Morgan fingerprint density at radius 1 is 1.02 bits per heavy atom. The van der Waals surface area contributed by atoms with E-state index in [1.54, 1.807) is 12.0 Å². The highest BCUT2D eigenvalue weighted by molar-refractivity contribution is 7.59. The van der Waals surface area contributed by atoms with Gasteiger partial charge in [-0.25, -0.2) is 9.97 Å². The SMILES string of the molecule is COc1ccc2c(O[C@@H]3C[C@H]4C(=O)N[C@]5(P(=O)(O)Cc6ccccc6)C[C@H]5/C=C\CCCCC[C@H](Nc5cccc(C)c5)C(=O)N4C3)cc(-c3csc(NC(C)C)n3)nc2c1. The molecule has 4 N–H and O–H groups in total. The lowest BCUT2D eigenvalue weighted by Crippen LogP contribution is -2.53. The van der Waals surface area contributed by atoms with Gasteiger partial charge in [-0.05, 0) is 81.8 Å². The van der Waals surface area contributed by atoms with Crippen molar-refractivity contribution in [2.24, 2.45) is 5.92 Å². The van der Waals surface area contributed by atoms with Crippen molar-refractivity contribution in [2.75, 3.05) is 24.3 Å². The molecule has 8 rings (SSSR count). The lowest BCUT2D eigenvalue weighted by molar-refractivity contribution is -0.139. The average molecular weight is 863 g/mol. The third-order valence-electron chi connectivity index (χ3n) is 11.9. The molecule has 2 fully saturated rings. The lowest BCUT2D eigenvalue weighted by atomic mass is 10.0. The summed E-state index contributed by atoms with van der Waals surface area (Å²) in [6.07, 6.45) is 7.95. The van der Waals surface area contributed by atoms with Gasteiger partial charge in [-0.2, -0.15) is 0 Å². The maximum atomic E-state index is 15.0. The molecule has 12 nitrogen and oxygen atoms in total. The molecule has 1 unspecified atom stereocenters. The molecule has 320 valence electrons. The quantitative estimate of drug-likeness (QED) is 0.0747. The standard InChI is InChI=1S/C47H55N6O6PS/c1-30(2)48-46-51-41(29-61-46)40-25-43(37-21-20-35(58-4)23-39(37)50-40)59-36-24-42-44(54)52-47(60(56,57)28-32-15-9-8-10-16-32)26-33(47)17-11-6-5-7-12-19-38(45(55)53(42)27-36)49-34-18-13-14-31(3)22-34/h8-11,13-18,20-23,25,29-30,33,36,38,42,49H,5-7,12,19,24,26-28H2,1-4H3,(H,48,51)(H,52,54)(H,56,57)/b17-11-/t33-,36-,38+,42+,47+/m1/s1. The maximum absolute atomic E-state index is 15.0. The first kappa shape index (κ1) is 42.5. The number of pyridine rings is 1. The Morgan fingerprint density at radius 2 is 1.85 bits per heavy atom. The molecular weight excluding hydrogens is 808 g/mol. The van der Waals surface area contributed by atoms with E-state index in [0.29, 0.717) is 41.2 Å². The number of methoxy groups -OCH3 is 1. The van der Waals surface area contributed by atoms with Gasteiger partial charge in [0.25, 0.3) is 0 Å². The Hall–Kier alpha value is -5.23. The number of anilines is 2. The molecule has 0 bridgehead atoms. The van der Waals surface area contributed by atoms with Gasteiger partial charge < -0.3 is 35.2 Å². The highest BCUT2D eigenvalue weighted by Crippen LogP contribution is 2.71. The molecule has 0 radical (unpaired) electrons. The Bertz CT molecular complexity index is 2460. The van der Waals surface area contributed by atoms with E-state index in [2.05, 4.69) is 35.9 Å². The molecule has 3 aromatic carbocycles. The summed E-state index contributed by atoms with van der Waals surface area (Å²) in [6.45, 7) is 6.26. The molecule has 0 spiro atoms. The smallest absolute Gasteiger partial charge is 0.245 e. The second-order valence-corrected chi connectivity index (χ2v) is 20.3. The van der Waals surface area contributed by atoms with E-state index in [0.717, 1.165) is 53.0 Å². The number of aromatic nitrogens is 2. The summed E-state index contributed by atoms with van der Waals surface area (Å²) in [6, 6.07) is 23.3. The summed E-state index contributed by atoms with van der Waals surface area (Å²) in [7, 11) is -2.41. The molecular formula is C47H55N6O6PS. The van der Waals surface area contributed by atoms with Crippen LogP contribution in [0.2, 0.25) is 0 Å². The first-order valence-electron chi connectivity index (χ1n) is 21.3. The number of benzene rings is 3. The number of nitrogens with one attached hydrogen (secondary N) is 3. The fourth-order valence-corrected chi connectivity index (χ4v) is 11.8. The second-order valence-electron chi connectivity index (χ2n) is 16.9. The Morgan fingerprint density at radius 3 is 2.64 bits per heavy atom. The molecule has 61 heavy (non-hydrogen) atoms. The van der Waals surface area contributed by atoms with E-state index in [4.69, 9.17) is 19.4 Å². The van der Waals surface area contributed by atoms with Gasteiger partial charge in [-0.3, -0.25) is 14.2 Å². The number of hydrogen-bond acceptors (Lipinski definition) is 10. The zero-order valence-electron chi connectivity index (χ0n) is 35.2. The summed E-state index contributed by atoms with van der Waals surface area (Å²) in [5.41, 5.74) is 4.56. The number of nitrogens with zero attached hydrogens (tertiary/aromatic N) is 3. The van der Waals surface area contributed by atoms with Crippen molar-refractivity contribution in [1.82, 2.24) is 20.2 Å². The van der Waals surface area contributed by atoms with E-state index in [-0.39, 0.29) is 37.0 Å². The predicted octanol–water partition coefficient (Wildman–Crippen LogP) is 9.15. The fourth-order valence-electron chi connectivity index (χ4n) is 8.64. The average Bonchev–Trinajstić information content (AvgIpc) is 3.51. The lowest BCUT2D eigenvalue weighted by Gasteiger charge is -2.31. The van der Waals surface area contributed by atoms with Crippen LogP contribution >= 0.6 is 18.7 Å². The van der Waals surface area contributed by atoms with Crippen molar-refractivity contribution in [3.05, 3.63) is 108 Å². The van der Waals surface area contributed by atoms with Crippen molar-refractivity contribution < 1.29 is 28.5 Å². The fraction of sp³-hybridized carbons (Fsp3) is 0.404. The number of allylic oxidation sites excluding steroid dienone is 1. The van der Waals surface area contributed by atoms with Gasteiger partial charge in [0, 0.05) is 47.0 Å². The molecule has 1 saturated carbocycles. The van der Waals surface area contributed by atoms with Crippen molar-refractivity contribution in [1.29, 1.82) is 0 Å². The van der Waals surface area contributed by atoms with Crippen molar-refractivity contribution in [3.63, 3.8) is 0 Å². The highest BCUT2D eigenvalue weighted by atomic mass is 32.1. The molecule has 6 atom stereocenters. The van der Waals surface area contributed by atoms with Crippen molar-refractivity contribution >= 4 is 52.2 Å². The maximum Gasteiger partial charge on any atom is 0.245 e. The van der Waals surface area contributed by atoms with E-state index in [1.165, 1.54) is 11.3 Å². The first-order valence-corrected chi connectivity index (χ1v) is 24.0. The van der Waals surface area contributed by atoms with Gasteiger partial charge >= 0.3 is 0 Å². The van der Waals surface area contributed by atoms with Crippen LogP contribution in [0.1, 0.15) is 69.9 Å². The van der Waals surface area contributed by atoms with E-state index in [9.17, 15) is 19.0 Å². The number of carbonyl (C=O) groups is 2. The molecule has 2 aliphatic heterocycles. The predicted molar refractivity (Wildman–Crippen MR) is 242 cm³/mol. The summed E-state index contributed by atoms with van der Waals surface area (Å²) >= 11 is 1.49. The highest BCUT2D eigenvalue weighted by Gasteiger charge is 2.66. The van der Waals surface area contributed by atoms with E-state index in [1.807, 2.05) is 97.2 Å². The largest absolute Gasteiger partial charge is 0.497 e. The molecule has 2 amide bonds. The van der Waals surface area contributed by atoms with Crippen LogP contribution in [0.4, 0.5) is 10.8 Å². The molecule has 14 heteroatoms. The van der Waals surface area contributed by atoms with Crippen LogP contribution in [0.3, 0.4) is 0 Å². The number of amides is 2. The number of ether oxygens (including phenoxy) is 2. The minimum atomic E-state index is -4.02. The minimum absolute atomic E-state index is 0.0732. The number of hydrogen-bond donors (Lipinski definition) is 4. The number of thiazole rings is 1. The Kier molecular flexibility index (Phi) is 12.5.